The molecular formula is C50H96O6. The van der Waals surface area contributed by atoms with Gasteiger partial charge in [-0.2, -0.15) is 0 Å². The van der Waals surface area contributed by atoms with Crippen molar-refractivity contribution in [1.82, 2.24) is 0 Å². The van der Waals surface area contributed by atoms with Gasteiger partial charge < -0.3 is 14.2 Å². The van der Waals surface area contributed by atoms with Crippen molar-refractivity contribution >= 4 is 17.9 Å². The van der Waals surface area contributed by atoms with Crippen LogP contribution in [0.25, 0.3) is 0 Å². The van der Waals surface area contributed by atoms with E-state index in [1.807, 2.05) is 0 Å². The summed E-state index contributed by atoms with van der Waals surface area (Å²) in [6.07, 6.45) is 48.0. The lowest BCUT2D eigenvalue weighted by molar-refractivity contribution is -0.167. The van der Waals surface area contributed by atoms with Crippen LogP contribution in [-0.2, 0) is 28.6 Å². The molecule has 0 saturated heterocycles. The normalized spacial score (nSPS) is 11.8. The average molecular weight is 793 g/mol. The van der Waals surface area contributed by atoms with Gasteiger partial charge in [-0.05, 0) is 19.3 Å². The zero-order valence-electron chi connectivity index (χ0n) is 37.9. The van der Waals surface area contributed by atoms with Crippen molar-refractivity contribution in [2.75, 3.05) is 13.2 Å². The van der Waals surface area contributed by atoms with Gasteiger partial charge in [0.2, 0.25) is 0 Å². The summed E-state index contributed by atoms with van der Waals surface area (Å²) in [5, 5.41) is 0. The summed E-state index contributed by atoms with van der Waals surface area (Å²) in [5.74, 6) is -0.847. The van der Waals surface area contributed by atoms with Crippen LogP contribution in [-0.4, -0.2) is 37.2 Å². The van der Waals surface area contributed by atoms with Crippen LogP contribution >= 0.6 is 0 Å². The summed E-state index contributed by atoms with van der Waals surface area (Å²) in [6.45, 7) is 6.65. The molecule has 0 fully saturated rings. The van der Waals surface area contributed by atoms with Crippen LogP contribution in [0.15, 0.2) is 0 Å². The fourth-order valence-corrected chi connectivity index (χ4v) is 7.56. The van der Waals surface area contributed by atoms with Gasteiger partial charge in [-0.3, -0.25) is 14.4 Å². The SMILES string of the molecule is CCCCCCCCCCCCCCCCCCCC(=O)OC[C@H](COC(=O)CCCCCCCCCCCCC)OC(=O)CCCCCCCCCCCC. The number of hydrogen-bond donors (Lipinski definition) is 0. The van der Waals surface area contributed by atoms with E-state index in [4.69, 9.17) is 14.2 Å². The second-order valence-corrected chi connectivity index (χ2v) is 17.1. The number of ether oxygens (including phenoxy) is 3. The molecule has 1 atom stereocenters. The van der Waals surface area contributed by atoms with Crippen LogP contribution in [0.2, 0.25) is 0 Å². The molecule has 0 heterocycles. The zero-order chi connectivity index (χ0) is 40.8. The van der Waals surface area contributed by atoms with Gasteiger partial charge in [0.05, 0.1) is 0 Å². The van der Waals surface area contributed by atoms with Gasteiger partial charge in [0.1, 0.15) is 13.2 Å². The lowest BCUT2D eigenvalue weighted by atomic mass is 10.0. The highest BCUT2D eigenvalue weighted by Gasteiger charge is 2.19. The Hall–Kier alpha value is -1.59. The Morgan fingerprint density at radius 3 is 0.714 bits per heavy atom. The molecule has 0 aliphatic carbocycles. The van der Waals surface area contributed by atoms with Crippen molar-refractivity contribution in [2.45, 2.75) is 290 Å². The van der Waals surface area contributed by atoms with Gasteiger partial charge in [-0.1, -0.05) is 245 Å². The average Bonchev–Trinajstić information content (AvgIpc) is 3.19. The minimum absolute atomic E-state index is 0.0622. The molecule has 0 amide bonds. The predicted molar refractivity (Wildman–Crippen MR) is 238 cm³/mol. The number of esters is 3. The highest BCUT2D eigenvalue weighted by atomic mass is 16.6. The van der Waals surface area contributed by atoms with E-state index < -0.39 is 6.10 Å². The summed E-state index contributed by atoms with van der Waals surface area (Å²) in [6, 6.07) is 0. The Morgan fingerprint density at radius 2 is 0.482 bits per heavy atom. The summed E-state index contributed by atoms with van der Waals surface area (Å²) >= 11 is 0. The van der Waals surface area contributed by atoms with E-state index in [9.17, 15) is 14.4 Å². The van der Waals surface area contributed by atoms with Gasteiger partial charge in [0.25, 0.3) is 0 Å². The molecule has 0 aliphatic heterocycles. The first-order chi connectivity index (χ1) is 27.5. The van der Waals surface area contributed by atoms with E-state index in [-0.39, 0.29) is 31.1 Å². The van der Waals surface area contributed by atoms with Gasteiger partial charge in [-0.25, -0.2) is 0 Å². The highest BCUT2D eigenvalue weighted by molar-refractivity contribution is 5.71. The lowest BCUT2D eigenvalue weighted by Gasteiger charge is -2.18. The van der Waals surface area contributed by atoms with Crippen molar-refractivity contribution in [2.24, 2.45) is 0 Å². The molecule has 6 heteroatoms. The summed E-state index contributed by atoms with van der Waals surface area (Å²) in [4.78, 5) is 37.8. The van der Waals surface area contributed by atoms with Crippen molar-refractivity contribution in [3.63, 3.8) is 0 Å². The first-order valence-electron chi connectivity index (χ1n) is 25.0. The van der Waals surface area contributed by atoms with Gasteiger partial charge >= 0.3 is 17.9 Å². The Labute approximate surface area is 348 Å². The third-order valence-electron chi connectivity index (χ3n) is 11.4. The maximum absolute atomic E-state index is 12.7. The monoisotopic (exact) mass is 793 g/mol. The first kappa shape index (κ1) is 54.4. The highest BCUT2D eigenvalue weighted by Crippen LogP contribution is 2.16. The number of hydrogen-bond acceptors (Lipinski definition) is 6. The summed E-state index contributed by atoms with van der Waals surface area (Å²) in [7, 11) is 0. The molecule has 332 valence electrons. The van der Waals surface area contributed by atoms with E-state index in [0.29, 0.717) is 19.3 Å². The minimum Gasteiger partial charge on any atom is -0.462 e. The number of carbonyl (C=O) groups is 3. The third kappa shape index (κ3) is 43.5. The first-order valence-corrected chi connectivity index (χ1v) is 25.0. The molecule has 0 aliphatic rings. The van der Waals surface area contributed by atoms with Crippen LogP contribution in [0.4, 0.5) is 0 Å². The van der Waals surface area contributed by atoms with Crippen LogP contribution < -0.4 is 0 Å². The van der Waals surface area contributed by atoms with Crippen LogP contribution in [0.3, 0.4) is 0 Å². The molecule has 56 heavy (non-hydrogen) atoms. The standard InChI is InChI=1S/C50H96O6/c1-4-7-10-13-16-19-22-23-24-25-26-27-29-32-34-37-40-43-49(52)55-46-47(56-50(53)44-41-38-35-30-21-18-15-12-9-6-3)45-54-48(51)42-39-36-33-31-28-20-17-14-11-8-5-2/h47H,4-46H2,1-3H3/t47-/m0/s1. The largest absolute Gasteiger partial charge is 0.462 e. The van der Waals surface area contributed by atoms with E-state index in [2.05, 4.69) is 20.8 Å². The summed E-state index contributed by atoms with van der Waals surface area (Å²) in [5.41, 5.74) is 0. The van der Waals surface area contributed by atoms with Gasteiger partial charge in [-0.15, -0.1) is 0 Å². The molecule has 0 N–H and O–H groups in total. The Balaban J connectivity index is 4.24. The molecule has 0 radical (unpaired) electrons. The van der Waals surface area contributed by atoms with E-state index in [0.717, 1.165) is 57.8 Å². The van der Waals surface area contributed by atoms with Crippen molar-refractivity contribution in [1.29, 1.82) is 0 Å². The molecule has 0 aromatic carbocycles. The Morgan fingerprint density at radius 1 is 0.286 bits per heavy atom. The second kappa shape index (κ2) is 46.1. The summed E-state index contributed by atoms with van der Waals surface area (Å²) < 4.78 is 16.8. The number of unbranched alkanes of at least 4 members (excludes halogenated alkanes) is 35. The van der Waals surface area contributed by atoms with Crippen molar-refractivity contribution in [3.8, 4) is 0 Å². The maximum Gasteiger partial charge on any atom is 0.306 e. The van der Waals surface area contributed by atoms with Gasteiger partial charge in [0, 0.05) is 19.3 Å². The quantitative estimate of drug-likeness (QED) is 0.0347. The van der Waals surface area contributed by atoms with Crippen LogP contribution in [0, 0.1) is 0 Å². The predicted octanol–water partition coefficient (Wildman–Crippen LogP) is 16.0. The Bertz CT molecular complexity index is 828. The fourth-order valence-electron chi connectivity index (χ4n) is 7.56. The molecule has 0 spiro atoms. The second-order valence-electron chi connectivity index (χ2n) is 17.1. The Kier molecular flexibility index (Phi) is 44.8. The van der Waals surface area contributed by atoms with Crippen LogP contribution in [0.5, 0.6) is 0 Å². The van der Waals surface area contributed by atoms with Crippen LogP contribution in [0.1, 0.15) is 284 Å². The molecule has 6 nitrogen and oxygen atoms in total. The molecule has 0 rings (SSSR count). The number of rotatable bonds is 46. The molecule has 0 aromatic heterocycles. The number of carbonyl (C=O) groups excluding carboxylic acids is 3. The zero-order valence-corrected chi connectivity index (χ0v) is 37.9. The lowest BCUT2D eigenvalue weighted by Crippen LogP contribution is -2.30. The smallest absolute Gasteiger partial charge is 0.306 e. The molecular weight excluding hydrogens is 697 g/mol. The van der Waals surface area contributed by atoms with E-state index in [1.165, 1.54) is 186 Å². The molecule has 0 unspecified atom stereocenters. The molecule has 0 saturated carbocycles. The fraction of sp³-hybridized carbons (Fsp3) is 0.940. The van der Waals surface area contributed by atoms with Crippen molar-refractivity contribution in [3.05, 3.63) is 0 Å². The topological polar surface area (TPSA) is 78.9 Å². The maximum atomic E-state index is 12.7. The molecule has 0 bridgehead atoms. The van der Waals surface area contributed by atoms with E-state index >= 15 is 0 Å². The van der Waals surface area contributed by atoms with Gasteiger partial charge in [0.15, 0.2) is 6.10 Å². The minimum atomic E-state index is -0.758. The van der Waals surface area contributed by atoms with Crippen molar-refractivity contribution < 1.29 is 28.6 Å². The third-order valence-corrected chi connectivity index (χ3v) is 11.4. The molecule has 0 aromatic rings. The van der Waals surface area contributed by atoms with E-state index in [1.54, 1.807) is 0 Å².